The molecule has 5 heteroatoms. The molecule has 0 fully saturated rings. The molecule has 2 aromatic rings. The Balaban J connectivity index is 1.95. The molecule has 2 N–H and O–H groups in total. The first-order chi connectivity index (χ1) is 13.3. The smallest absolute Gasteiger partial charge is 0.164 e. The van der Waals surface area contributed by atoms with Crippen molar-refractivity contribution in [3.8, 4) is 0 Å². The molecule has 0 saturated carbocycles. The molecule has 2 heterocycles. The minimum absolute atomic E-state index is 0.417. The lowest BCUT2D eigenvalue weighted by atomic mass is 10.1. The first-order valence-corrected chi connectivity index (χ1v) is 11.2. The second kappa shape index (κ2) is 12.8. The summed E-state index contributed by atoms with van der Waals surface area (Å²) in [5.41, 5.74) is 8.83. The van der Waals surface area contributed by atoms with Crippen LogP contribution in [0.1, 0.15) is 102 Å². The summed E-state index contributed by atoms with van der Waals surface area (Å²) in [6.07, 6.45) is 19.3. The fourth-order valence-corrected chi connectivity index (χ4v) is 3.61. The normalized spacial score (nSPS) is 11.5. The Kier molecular flexibility index (Phi) is 10.4. The highest BCUT2D eigenvalue weighted by Crippen LogP contribution is 2.18. The molecule has 0 atom stereocenters. The largest absolute Gasteiger partial charge is 0.314 e. The van der Waals surface area contributed by atoms with E-state index in [0.29, 0.717) is 6.67 Å². The van der Waals surface area contributed by atoms with Gasteiger partial charge in [-0.1, -0.05) is 78.1 Å². The Hall–Kier alpha value is -1.49. The third-order valence-corrected chi connectivity index (χ3v) is 5.30. The van der Waals surface area contributed by atoms with Crippen molar-refractivity contribution in [2.24, 2.45) is 5.73 Å². The Bertz CT molecular complexity index is 649. The lowest BCUT2D eigenvalue weighted by Gasteiger charge is -2.07. The molecule has 2 rings (SSSR count). The van der Waals surface area contributed by atoms with Crippen LogP contribution in [0.4, 0.5) is 0 Å². The van der Waals surface area contributed by atoms with Crippen molar-refractivity contribution < 1.29 is 0 Å². The zero-order chi connectivity index (χ0) is 19.3. The van der Waals surface area contributed by atoms with E-state index in [1.165, 1.54) is 77.0 Å². The molecule has 0 aliphatic carbocycles. The zero-order valence-electron chi connectivity index (χ0n) is 17.6. The summed E-state index contributed by atoms with van der Waals surface area (Å²) in [6, 6.07) is 0. The summed E-state index contributed by atoms with van der Waals surface area (Å²) in [4.78, 5) is 14.2. The highest BCUT2D eigenvalue weighted by atomic mass is 15.2. The second-order valence-electron chi connectivity index (χ2n) is 7.69. The quantitative estimate of drug-likeness (QED) is 0.416. The number of hydrogen-bond acceptors (Lipinski definition) is 4. The average Bonchev–Trinajstić information content (AvgIpc) is 3.10. The molecule has 0 aliphatic rings. The number of hydrogen-bond donors (Lipinski definition) is 1. The van der Waals surface area contributed by atoms with Gasteiger partial charge in [-0.3, -0.25) is 0 Å². The van der Waals surface area contributed by atoms with E-state index < -0.39 is 0 Å². The molecule has 5 nitrogen and oxygen atoms in total. The first kappa shape index (κ1) is 21.8. The van der Waals surface area contributed by atoms with Gasteiger partial charge in [-0.25, -0.2) is 15.0 Å². The maximum Gasteiger partial charge on any atom is 0.164 e. The van der Waals surface area contributed by atoms with Gasteiger partial charge in [0.1, 0.15) is 11.3 Å². The molecule has 0 aliphatic heterocycles. The Morgan fingerprint density at radius 2 is 1.37 bits per heavy atom. The number of aryl methyl sites for hydroxylation is 2. The van der Waals surface area contributed by atoms with Crippen molar-refractivity contribution in [1.82, 2.24) is 19.5 Å². The molecule has 152 valence electrons. The van der Waals surface area contributed by atoms with Gasteiger partial charge in [-0.05, 0) is 19.3 Å². The highest BCUT2D eigenvalue weighted by Gasteiger charge is 2.12. The van der Waals surface area contributed by atoms with Crippen molar-refractivity contribution in [2.75, 3.05) is 0 Å². The highest BCUT2D eigenvalue weighted by molar-refractivity contribution is 5.73. The van der Waals surface area contributed by atoms with Crippen LogP contribution in [-0.4, -0.2) is 19.5 Å². The summed E-state index contributed by atoms with van der Waals surface area (Å²) in [7, 11) is 0. The van der Waals surface area contributed by atoms with Gasteiger partial charge in [0.15, 0.2) is 5.65 Å². The summed E-state index contributed by atoms with van der Waals surface area (Å²) in [5, 5.41) is 0. The third kappa shape index (κ3) is 7.21. The number of aromatic nitrogens is 4. The van der Waals surface area contributed by atoms with Crippen LogP contribution in [-0.2, 0) is 19.5 Å². The van der Waals surface area contributed by atoms with E-state index in [1.54, 1.807) is 6.33 Å². The van der Waals surface area contributed by atoms with Gasteiger partial charge in [0, 0.05) is 6.42 Å². The van der Waals surface area contributed by atoms with Crippen molar-refractivity contribution in [3.63, 3.8) is 0 Å². The predicted molar refractivity (Wildman–Crippen MR) is 114 cm³/mol. The van der Waals surface area contributed by atoms with E-state index in [1.807, 2.05) is 4.57 Å². The monoisotopic (exact) mass is 373 g/mol. The van der Waals surface area contributed by atoms with E-state index in [9.17, 15) is 0 Å². The predicted octanol–water partition coefficient (Wildman–Crippen LogP) is 5.55. The number of nitrogens with two attached hydrogens (primary N) is 1. The fraction of sp³-hybridized carbons (Fsp3) is 0.773. The minimum atomic E-state index is 0.417. The fourth-order valence-electron chi connectivity index (χ4n) is 3.61. The van der Waals surface area contributed by atoms with Gasteiger partial charge < -0.3 is 10.3 Å². The van der Waals surface area contributed by atoms with Crippen LogP contribution in [0.15, 0.2) is 6.33 Å². The van der Waals surface area contributed by atoms with Crippen molar-refractivity contribution in [2.45, 2.75) is 110 Å². The molecule has 27 heavy (non-hydrogen) atoms. The van der Waals surface area contributed by atoms with Crippen LogP contribution in [0.3, 0.4) is 0 Å². The van der Waals surface area contributed by atoms with Crippen LogP contribution >= 0.6 is 0 Å². The molecule has 0 aromatic carbocycles. The standard InChI is InChI=1S/C22H39N5/c1-3-5-7-9-11-13-15-19-21-22(27(17-23)18-24-21)26-20(25-19)16-14-12-10-8-6-4-2/h18H,3-17,23H2,1-2H3. The van der Waals surface area contributed by atoms with Gasteiger partial charge in [0.25, 0.3) is 0 Å². The Morgan fingerprint density at radius 3 is 2.00 bits per heavy atom. The van der Waals surface area contributed by atoms with E-state index >= 15 is 0 Å². The summed E-state index contributed by atoms with van der Waals surface area (Å²) in [5.74, 6) is 0.967. The Labute approximate surface area is 165 Å². The van der Waals surface area contributed by atoms with Crippen molar-refractivity contribution in [3.05, 3.63) is 17.8 Å². The van der Waals surface area contributed by atoms with Crippen LogP contribution in [0.5, 0.6) is 0 Å². The molecule has 0 bridgehead atoms. The van der Waals surface area contributed by atoms with Crippen molar-refractivity contribution in [1.29, 1.82) is 0 Å². The van der Waals surface area contributed by atoms with Crippen LogP contribution in [0.2, 0.25) is 0 Å². The number of nitrogens with zero attached hydrogens (tertiary/aromatic N) is 4. The molecule has 2 aromatic heterocycles. The molecular formula is C22H39N5. The van der Waals surface area contributed by atoms with Gasteiger partial charge in [0.05, 0.1) is 18.7 Å². The van der Waals surface area contributed by atoms with Crippen LogP contribution in [0, 0.1) is 0 Å². The summed E-state index contributed by atoms with van der Waals surface area (Å²) >= 11 is 0. The topological polar surface area (TPSA) is 69.6 Å². The maximum absolute atomic E-state index is 5.86. The number of rotatable bonds is 15. The van der Waals surface area contributed by atoms with E-state index in [-0.39, 0.29) is 0 Å². The molecule has 0 amide bonds. The lowest BCUT2D eigenvalue weighted by molar-refractivity contribution is 0.595. The summed E-state index contributed by atoms with van der Waals surface area (Å²) < 4.78 is 1.94. The molecule has 0 spiro atoms. The van der Waals surface area contributed by atoms with Gasteiger partial charge >= 0.3 is 0 Å². The van der Waals surface area contributed by atoms with E-state index in [4.69, 9.17) is 15.7 Å². The Morgan fingerprint density at radius 1 is 0.778 bits per heavy atom. The van der Waals surface area contributed by atoms with E-state index in [0.717, 1.165) is 35.5 Å². The van der Waals surface area contributed by atoms with Gasteiger partial charge in [0.2, 0.25) is 0 Å². The maximum atomic E-state index is 5.86. The number of unbranched alkanes of at least 4 members (excludes halogenated alkanes) is 10. The second-order valence-corrected chi connectivity index (χ2v) is 7.69. The van der Waals surface area contributed by atoms with Gasteiger partial charge in [-0.15, -0.1) is 0 Å². The van der Waals surface area contributed by atoms with E-state index in [2.05, 4.69) is 18.8 Å². The molecule has 0 radical (unpaired) electrons. The number of imidazole rings is 1. The first-order valence-electron chi connectivity index (χ1n) is 11.2. The SMILES string of the molecule is CCCCCCCCc1nc(CCCCCCCC)c2ncn(CN)c2n1. The summed E-state index contributed by atoms with van der Waals surface area (Å²) in [6.45, 7) is 4.94. The average molecular weight is 374 g/mol. The zero-order valence-corrected chi connectivity index (χ0v) is 17.6. The third-order valence-electron chi connectivity index (χ3n) is 5.30. The van der Waals surface area contributed by atoms with Crippen molar-refractivity contribution >= 4 is 11.2 Å². The molecule has 0 unspecified atom stereocenters. The molecule has 0 saturated heterocycles. The molecular weight excluding hydrogens is 334 g/mol. The van der Waals surface area contributed by atoms with Crippen LogP contribution in [0.25, 0.3) is 11.2 Å². The lowest BCUT2D eigenvalue weighted by Crippen LogP contribution is -2.08. The minimum Gasteiger partial charge on any atom is -0.314 e. The number of fused-ring (bicyclic) bond motifs is 1. The van der Waals surface area contributed by atoms with Gasteiger partial charge in [-0.2, -0.15) is 0 Å². The van der Waals surface area contributed by atoms with Crippen LogP contribution < -0.4 is 5.73 Å².